The van der Waals surface area contributed by atoms with Crippen LogP contribution >= 0.6 is 46.6 Å². The van der Waals surface area contributed by atoms with Gasteiger partial charge in [0.15, 0.2) is 0 Å². The van der Waals surface area contributed by atoms with Gasteiger partial charge in [-0.05, 0) is 43.1 Å². The molecule has 5 atom stereocenters. The van der Waals surface area contributed by atoms with Gasteiger partial charge in [0.05, 0.1) is 27.7 Å². The summed E-state index contributed by atoms with van der Waals surface area (Å²) in [6, 6.07) is 2.41. The third-order valence-electron chi connectivity index (χ3n) is 12.7. The molecule has 0 aliphatic carbocycles. The number of ether oxygens (including phenoxy) is 2. The minimum absolute atomic E-state index is 0.00784. The van der Waals surface area contributed by atoms with Crippen molar-refractivity contribution in [2.24, 2.45) is 11.8 Å². The maximum absolute atomic E-state index is 14.2. The van der Waals surface area contributed by atoms with E-state index in [2.05, 4.69) is 73.2 Å². The molecule has 0 bridgehead atoms. The second-order valence-corrected chi connectivity index (χ2v) is 23.7. The van der Waals surface area contributed by atoms with E-state index >= 15 is 0 Å². The lowest BCUT2D eigenvalue weighted by molar-refractivity contribution is -0.137. The molecular formula is C49H75NO4S4. The van der Waals surface area contributed by atoms with Crippen molar-refractivity contribution < 1.29 is 19.1 Å². The maximum atomic E-state index is 14.2. The number of carbonyl (C=O) groups is 2. The van der Waals surface area contributed by atoms with E-state index in [-0.39, 0.29) is 28.4 Å². The van der Waals surface area contributed by atoms with Crippen LogP contribution in [0, 0.1) is 11.8 Å². The lowest BCUT2D eigenvalue weighted by Crippen LogP contribution is -2.38. The average molecular weight is 870 g/mol. The number of amides is 2. The van der Waals surface area contributed by atoms with E-state index in [0.29, 0.717) is 28.2 Å². The van der Waals surface area contributed by atoms with Crippen LogP contribution in [0.1, 0.15) is 181 Å². The highest BCUT2D eigenvalue weighted by Gasteiger charge is 2.60. The zero-order chi connectivity index (χ0) is 41.4. The minimum Gasteiger partial charge on any atom is -0.492 e. The number of nitrogens with zero attached hydrogens (tertiary/aromatic N) is 1. The van der Waals surface area contributed by atoms with E-state index in [1.54, 1.807) is 16.7 Å². The Labute approximate surface area is 369 Å². The number of thioether (sulfide) groups is 3. The topological polar surface area (TPSA) is 55.8 Å². The van der Waals surface area contributed by atoms with Gasteiger partial charge in [0.2, 0.25) is 0 Å². The first-order valence-corrected chi connectivity index (χ1v) is 27.0. The first-order chi connectivity index (χ1) is 28.0. The second kappa shape index (κ2) is 21.7. The van der Waals surface area contributed by atoms with Gasteiger partial charge in [-0.3, -0.25) is 14.5 Å². The Morgan fingerprint density at radius 3 is 1.88 bits per heavy atom. The summed E-state index contributed by atoms with van der Waals surface area (Å²) in [6.45, 7) is 20.4. The summed E-state index contributed by atoms with van der Waals surface area (Å²) in [5.74, 6) is 2.68. The number of hydrogen-bond donors (Lipinski definition) is 0. The molecule has 1 saturated heterocycles. The van der Waals surface area contributed by atoms with Gasteiger partial charge in [0.1, 0.15) is 11.5 Å². The van der Waals surface area contributed by atoms with Crippen molar-refractivity contribution in [1.29, 1.82) is 0 Å². The smallest absolute Gasteiger partial charge is 0.267 e. The number of imide groups is 1. The highest BCUT2D eigenvalue weighted by Crippen LogP contribution is 2.64. The first-order valence-electron chi connectivity index (χ1n) is 23.5. The fourth-order valence-corrected chi connectivity index (χ4v) is 16.3. The number of fused-ring (bicyclic) bond motifs is 4. The lowest BCUT2D eigenvalue weighted by atomic mass is 9.85. The molecule has 0 N–H and O–H groups in total. The number of rotatable bonds is 25. The predicted molar refractivity (Wildman–Crippen MR) is 254 cm³/mol. The Morgan fingerprint density at radius 1 is 0.724 bits per heavy atom. The molecular weight excluding hydrogens is 795 g/mol. The third kappa shape index (κ3) is 10.5. The average Bonchev–Trinajstić information content (AvgIpc) is 4.01. The molecule has 9 heteroatoms. The molecule has 5 unspecified atom stereocenters. The SMILES string of the molecule is CCCCCCCCOc1c2c(c(OCCCCCCCC)c3sc(C(C)(C)C)cc13)CC(C1SC(C(C)C)C3C4=C(SC13)C(=O)N(CCCCCCCC)C4=O)S2. The van der Waals surface area contributed by atoms with Crippen LogP contribution in [0.2, 0.25) is 0 Å². The Hall–Kier alpha value is -1.29. The normalized spacial score (nSPS) is 22.9. The van der Waals surface area contributed by atoms with Gasteiger partial charge in [-0.2, -0.15) is 11.8 Å². The van der Waals surface area contributed by atoms with E-state index in [1.807, 2.05) is 23.1 Å². The highest BCUT2D eigenvalue weighted by atomic mass is 32.2. The van der Waals surface area contributed by atoms with Crippen molar-refractivity contribution in [3.8, 4) is 11.5 Å². The van der Waals surface area contributed by atoms with E-state index in [0.717, 1.165) is 67.3 Å². The van der Waals surface area contributed by atoms with E-state index < -0.39 is 0 Å². The van der Waals surface area contributed by atoms with E-state index in [4.69, 9.17) is 9.47 Å². The molecule has 0 saturated carbocycles. The van der Waals surface area contributed by atoms with Gasteiger partial charge in [-0.25, -0.2) is 0 Å². The molecule has 4 aliphatic rings. The summed E-state index contributed by atoms with van der Waals surface area (Å²) in [5, 5.41) is 2.40. The quantitative estimate of drug-likeness (QED) is 0.0728. The zero-order valence-corrected chi connectivity index (χ0v) is 40.6. The van der Waals surface area contributed by atoms with Gasteiger partial charge >= 0.3 is 0 Å². The van der Waals surface area contributed by atoms with Crippen molar-refractivity contribution in [1.82, 2.24) is 4.90 Å². The summed E-state index contributed by atoms with van der Waals surface area (Å²) in [6.07, 6.45) is 22.7. The largest absolute Gasteiger partial charge is 0.492 e. The Kier molecular flexibility index (Phi) is 17.3. The molecule has 2 amide bonds. The summed E-state index contributed by atoms with van der Waals surface area (Å²) < 4.78 is 15.2. The van der Waals surface area contributed by atoms with Crippen LogP contribution in [0.5, 0.6) is 11.5 Å². The van der Waals surface area contributed by atoms with Crippen LogP contribution in [0.3, 0.4) is 0 Å². The van der Waals surface area contributed by atoms with E-state index in [9.17, 15) is 9.59 Å². The summed E-state index contributed by atoms with van der Waals surface area (Å²) in [5.41, 5.74) is 2.21. The first kappa shape index (κ1) is 46.2. The summed E-state index contributed by atoms with van der Waals surface area (Å²) in [7, 11) is 0. The standard InChI is InChI=1S/C49H75NO4S4/c1-9-12-15-18-21-24-27-50-47(51)38-37-41(32(4)5)57-44(45(37)58-46(38)48(50)52)35-30-33-39(53-28-25-22-19-16-13-10-2)43-34(31-36(56-43)49(6,7)8)40(42(33)55-35)54-29-26-23-20-17-14-11-3/h31-32,35,37,41,44-45H,9-30H2,1-8H3. The Balaban J connectivity index is 1.26. The second-order valence-electron chi connectivity index (χ2n) is 18.9. The number of unbranched alkanes of at least 4 members (excludes halogenated alkanes) is 15. The zero-order valence-electron chi connectivity index (χ0n) is 37.3. The van der Waals surface area contributed by atoms with E-state index in [1.165, 1.54) is 115 Å². The minimum atomic E-state index is -0.0211. The molecule has 1 aromatic carbocycles. The molecule has 58 heavy (non-hydrogen) atoms. The molecule has 5 heterocycles. The number of thiophene rings is 1. The van der Waals surface area contributed by atoms with Crippen molar-refractivity contribution >= 4 is 68.5 Å². The fourth-order valence-electron chi connectivity index (χ4n) is 9.34. The fraction of sp³-hybridized carbons (Fsp3) is 0.755. The number of carbonyl (C=O) groups excluding carboxylic acids is 2. The molecule has 4 aliphatic heterocycles. The van der Waals surface area contributed by atoms with Crippen molar-refractivity contribution in [3.05, 3.63) is 27.0 Å². The molecule has 5 nitrogen and oxygen atoms in total. The van der Waals surface area contributed by atoms with Crippen LogP contribution < -0.4 is 9.47 Å². The molecule has 2 aromatic rings. The monoisotopic (exact) mass is 869 g/mol. The van der Waals surface area contributed by atoms with Crippen LogP contribution in [-0.2, 0) is 21.4 Å². The molecule has 1 fully saturated rings. The highest BCUT2D eigenvalue weighted by molar-refractivity contribution is 8.09. The van der Waals surface area contributed by atoms with Crippen LogP contribution in [0.25, 0.3) is 10.1 Å². The van der Waals surface area contributed by atoms with Crippen molar-refractivity contribution in [2.45, 2.75) is 209 Å². The van der Waals surface area contributed by atoms with Gasteiger partial charge in [-0.15, -0.1) is 34.9 Å². The van der Waals surface area contributed by atoms with Gasteiger partial charge < -0.3 is 9.47 Å². The molecule has 1 aromatic heterocycles. The van der Waals surface area contributed by atoms with Crippen molar-refractivity contribution in [3.63, 3.8) is 0 Å². The number of benzene rings is 1. The molecule has 0 radical (unpaired) electrons. The summed E-state index contributed by atoms with van der Waals surface area (Å²) in [4.78, 5) is 33.1. The van der Waals surface area contributed by atoms with Gasteiger partial charge in [0.25, 0.3) is 11.8 Å². The maximum Gasteiger partial charge on any atom is 0.267 e. The lowest BCUT2D eigenvalue weighted by Gasteiger charge is -2.26. The van der Waals surface area contributed by atoms with Gasteiger partial charge in [-0.1, -0.05) is 152 Å². The van der Waals surface area contributed by atoms with Crippen LogP contribution in [0.15, 0.2) is 21.4 Å². The van der Waals surface area contributed by atoms with Crippen molar-refractivity contribution in [2.75, 3.05) is 19.8 Å². The Bertz CT molecular complexity index is 1660. The predicted octanol–water partition coefficient (Wildman–Crippen LogP) is 14.5. The molecule has 0 spiro atoms. The molecule has 324 valence electrons. The van der Waals surface area contributed by atoms with Gasteiger partial charge in [0, 0.05) is 54.9 Å². The van der Waals surface area contributed by atoms with Crippen LogP contribution in [-0.4, -0.2) is 57.5 Å². The molecule has 6 rings (SSSR count). The summed E-state index contributed by atoms with van der Waals surface area (Å²) >= 11 is 7.78. The van der Waals surface area contributed by atoms with Crippen LogP contribution in [0.4, 0.5) is 0 Å². The third-order valence-corrected chi connectivity index (χ3v) is 19.6. The number of hydrogen-bond acceptors (Lipinski definition) is 8. The Morgan fingerprint density at radius 2 is 1.29 bits per heavy atom.